The number of rotatable bonds is 5. The average Bonchev–Trinajstić information content (AvgIpc) is 3.26. The molecule has 1 aromatic carbocycles. The van der Waals surface area contributed by atoms with Crippen LogP contribution in [0, 0.1) is 17.7 Å². The van der Waals surface area contributed by atoms with Crippen LogP contribution in [-0.4, -0.2) is 18.5 Å². The van der Waals surface area contributed by atoms with Gasteiger partial charge in [-0.05, 0) is 37.3 Å². The highest BCUT2D eigenvalue weighted by Crippen LogP contribution is 2.50. The first-order chi connectivity index (χ1) is 9.58. The predicted octanol–water partition coefficient (Wildman–Crippen LogP) is 2.86. The molecule has 3 N–H and O–H groups in total. The van der Waals surface area contributed by atoms with E-state index < -0.39 is 0 Å². The fourth-order valence-electron chi connectivity index (χ4n) is 2.71. The van der Waals surface area contributed by atoms with Crippen LogP contribution in [0.3, 0.4) is 0 Å². The van der Waals surface area contributed by atoms with E-state index in [4.69, 9.17) is 17.3 Å². The van der Waals surface area contributed by atoms with E-state index in [1.807, 2.05) is 0 Å². The van der Waals surface area contributed by atoms with Crippen LogP contribution < -0.4 is 11.1 Å². The molecule has 0 radical (unpaired) electrons. The standard InChI is InChI=1S/C15H18ClFN2O.ClH/c16-11-2-1-3-12(17)14(11)9-6-10(9)15(20)19-7-13(18)8-4-5-8;/h1-3,8-10,13H,4-7,18H2,(H,19,20);1H. The lowest BCUT2D eigenvalue weighted by Crippen LogP contribution is -2.39. The van der Waals surface area contributed by atoms with Crippen molar-refractivity contribution in [3.05, 3.63) is 34.6 Å². The van der Waals surface area contributed by atoms with E-state index >= 15 is 0 Å². The van der Waals surface area contributed by atoms with Crippen LogP contribution in [0.5, 0.6) is 0 Å². The number of halogens is 3. The molecule has 3 rings (SSSR count). The quantitative estimate of drug-likeness (QED) is 0.871. The number of hydrogen-bond donors (Lipinski definition) is 2. The van der Waals surface area contributed by atoms with E-state index in [2.05, 4.69) is 5.32 Å². The highest BCUT2D eigenvalue weighted by Gasteiger charge is 2.46. The first kappa shape index (κ1) is 16.5. The fraction of sp³-hybridized carbons (Fsp3) is 0.533. The van der Waals surface area contributed by atoms with Gasteiger partial charge in [0.25, 0.3) is 0 Å². The molecule has 0 aliphatic heterocycles. The average molecular weight is 333 g/mol. The van der Waals surface area contributed by atoms with Gasteiger partial charge in [-0.2, -0.15) is 0 Å². The molecular weight excluding hydrogens is 314 g/mol. The van der Waals surface area contributed by atoms with Crippen LogP contribution in [0.4, 0.5) is 4.39 Å². The van der Waals surface area contributed by atoms with Crippen LogP contribution in [-0.2, 0) is 4.79 Å². The molecule has 1 amide bonds. The van der Waals surface area contributed by atoms with Crippen LogP contribution in [0.2, 0.25) is 5.02 Å². The molecule has 0 bridgehead atoms. The number of carbonyl (C=O) groups excluding carboxylic acids is 1. The molecule has 21 heavy (non-hydrogen) atoms. The van der Waals surface area contributed by atoms with Gasteiger partial charge in [0, 0.05) is 35.0 Å². The van der Waals surface area contributed by atoms with Crippen LogP contribution in [0.1, 0.15) is 30.7 Å². The second kappa shape index (κ2) is 6.51. The van der Waals surface area contributed by atoms with Crippen molar-refractivity contribution < 1.29 is 9.18 Å². The molecule has 3 nitrogen and oxygen atoms in total. The SMILES string of the molecule is Cl.NC(CNC(=O)C1CC1c1c(F)cccc1Cl)C1CC1. The number of benzene rings is 1. The van der Waals surface area contributed by atoms with E-state index in [1.165, 1.54) is 6.07 Å². The van der Waals surface area contributed by atoms with Crippen molar-refractivity contribution in [3.8, 4) is 0 Å². The minimum atomic E-state index is -0.326. The van der Waals surface area contributed by atoms with Gasteiger partial charge in [-0.15, -0.1) is 12.4 Å². The highest BCUT2D eigenvalue weighted by atomic mass is 35.5. The Morgan fingerprint density at radius 2 is 2.19 bits per heavy atom. The zero-order valence-electron chi connectivity index (χ0n) is 11.5. The fourth-order valence-corrected chi connectivity index (χ4v) is 3.01. The molecule has 6 heteroatoms. The van der Waals surface area contributed by atoms with E-state index in [0.29, 0.717) is 29.5 Å². The molecule has 1 aromatic rings. The Morgan fingerprint density at radius 3 is 2.81 bits per heavy atom. The Balaban J connectivity index is 0.00000161. The van der Waals surface area contributed by atoms with Gasteiger partial charge in [-0.1, -0.05) is 17.7 Å². The third kappa shape index (κ3) is 3.68. The maximum atomic E-state index is 13.8. The summed E-state index contributed by atoms with van der Waals surface area (Å²) in [6.45, 7) is 0.512. The molecule has 2 fully saturated rings. The van der Waals surface area contributed by atoms with Crippen LogP contribution in [0.25, 0.3) is 0 Å². The number of carbonyl (C=O) groups is 1. The zero-order valence-corrected chi connectivity index (χ0v) is 13.1. The van der Waals surface area contributed by atoms with E-state index in [1.54, 1.807) is 12.1 Å². The van der Waals surface area contributed by atoms with Crippen molar-refractivity contribution in [1.29, 1.82) is 0 Å². The minimum Gasteiger partial charge on any atom is -0.354 e. The topological polar surface area (TPSA) is 55.1 Å². The first-order valence-electron chi connectivity index (χ1n) is 7.05. The van der Waals surface area contributed by atoms with Crippen LogP contribution in [0.15, 0.2) is 18.2 Å². The monoisotopic (exact) mass is 332 g/mol. The van der Waals surface area contributed by atoms with Gasteiger partial charge in [0.2, 0.25) is 5.91 Å². The summed E-state index contributed by atoms with van der Waals surface area (Å²) < 4.78 is 13.8. The minimum absolute atomic E-state index is 0. The molecule has 116 valence electrons. The molecule has 3 unspecified atom stereocenters. The van der Waals surface area contributed by atoms with E-state index in [0.717, 1.165) is 12.8 Å². The molecular formula is C15H19Cl2FN2O. The lowest BCUT2D eigenvalue weighted by Gasteiger charge is -2.11. The van der Waals surface area contributed by atoms with Gasteiger partial charge >= 0.3 is 0 Å². The van der Waals surface area contributed by atoms with Crippen LogP contribution >= 0.6 is 24.0 Å². The smallest absolute Gasteiger partial charge is 0.223 e. The van der Waals surface area contributed by atoms with Crippen molar-refractivity contribution in [2.24, 2.45) is 17.6 Å². The molecule has 0 spiro atoms. The van der Waals surface area contributed by atoms with E-state index in [-0.39, 0.29) is 42.0 Å². The van der Waals surface area contributed by atoms with Crippen molar-refractivity contribution in [3.63, 3.8) is 0 Å². The zero-order chi connectivity index (χ0) is 14.3. The Hall–Kier alpha value is -0.840. The van der Waals surface area contributed by atoms with E-state index in [9.17, 15) is 9.18 Å². The third-order valence-corrected chi connectivity index (χ3v) is 4.57. The summed E-state index contributed by atoms with van der Waals surface area (Å²) >= 11 is 6.02. The molecule has 3 atom stereocenters. The summed E-state index contributed by atoms with van der Waals surface area (Å²) in [5.41, 5.74) is 6.42. The maximum Gasteiger partial charge on any atom is 0.223 e. The van der Waals surface area contributed by atoms with Gasteiger partial charge in [-0.3, -0.25) is 4.79 Å². The Morgan fingerprint density at radius 1 is 1.48 bits per heavy atom. The molecule has 2 aliphatic rings. The normalized spacial score (nSPS) is 24.9. The van der Waals surface area contributed by atoms with Gasteiger partial charge in [0.05, 0.1) is 0 Å². The lowest BCUT2D eigenvalue weighted by molar-refractivity contribution is -0.122. The summed E-state index contributed by atoms with van der Waals surface area (Å²) in [4.78, 5) is 12.0. The summed E-state index contributed by atoms with van der Waals surface area (Å²) in [6.07, 6.45) is 2.98. The summed E-state index contributed by atoms with van der Waals surface area (Å²) in [7, 11) is 0. The van der Waals surface area contributed by atoms with Crippen molar-refractivity contribution in [1.82, 2.24) is 5.32 Å². The second-order valence-corrected chi connectivity index (χ2v) is 6.24. The van der Waals surface area contributed by atoms with Gasteiger partial charge in [-0.25, -0.2) is 4.39 Å². The number of nitrogens with two attached hydrogens (primary N) is 1. The lowest BCUT2D eigenvalue weighted by atomic mass is 10.1. The predicted molar refractivity (Wildman–Crippen MR) is 83.2 cm³/mol. The van der Waals surface area contributed by atoms with Gasteiger partial charge < -0.3 is 11.1 Å². The number of nitrogens with one attached hydrogen (secondary N) is 1. The largest absolute Gasteiger partial charge is 0.354 e. The number of hydrogen-bond acceptors (Lipinski definition) is 2. The van der Waals surface area contributed by atoms with Gasteiger partial charge in [0.15, 0.2) is 0 Å². The molecule has 2 saturated carbocycles. The Kier molecular flexibility index (Phi) is 5.12. The summed E-state index contributed by atoms with van der Waals surface area (Å²) in [5, 5.41) is 3.28. The summed E-state index contributed by atoms with van der Waals surface area (Å²) in [5.74, 6) is -0.0686. The van der Waals surface area contributed by atoms with Crippen molar-refractivity contribution in [2.75, 3.05) is 6.54 Å². The second-order valence-electron chi connectivity index (χ2n) is 5.83. The highest BCUT2D eigenvalue weighted by molar-refractivity contribution is 6.31. The Bertz CT molecular complexity index is 516. The van der Waals surface area contributed by atoms with Crippen molar-refractivity contribution >= 4 is 29.9 Å². The number of amides is 1. The molecule has 0 aromatic heterocycles. The maximum absolute atomic E-state index is 13.8. The molecule has 0 heterocycles. The first-order valence-corrected chi connectivity index (χ1v) is 7.43. The van der Waals surface area contributed by atoms with Gasteiger partial charge in [0.1, 0.15) is 5.82 Å². The molecule has 0 saturated heterocycles. The van der Waals surface area contributed by atoms with Crippen molar-refractivity contribution in [2.45, 2.75) is 31.2 Å². The Labute approximate surface area is 134 Å². The third-order valence-electron chi connectivity index (χ3n) is 4.24. The molecule has 2 aliphatic carbocycles. The summed E-state index contributed by atoms with van der Waals surface area (Å²) in [6, 6.07) is 4.68.